The van der Waals surface area contributed by atoms with E-state index in [1.807, 2.05) is 13.8 Å². The molecular weight excluding hydrogens is 192 g/mol. The lowest BCUT2D eigenvalue weighted by molar-refractivity contribution is 0.495. The zero-order valence-corrected chi connectivity index (χ0v) is 11.7. The van der Waals surface area contributed by atoms with E-state index in [0.29, 0.717) is 0 Å². The van der Waals surface area contributed by atoms with Crippen LogP contribution in [0.25, 0.3) is 0 Å². The fourth-order valence-electron chi connectivity index (χ4n) is 1.74. The minimum Gasteiger partial charge on any atom is -0.0683 e. The van der Waals surface area contributed by atoms with Crippen molar-refractivity contribution in [3.8, 4) is 0 Å². The summed E-state index contributed by atoms with van der Waals surface area (Å²) in [6, 6.07) is 8.73. The number of benzene rings is 1. The minimum atomic E-state index is 0.888. The molecule has 0 nitrogen and oxygen atoms in total. The number of aryl methyl sites for hydroxylation is 2. The lowest BCUT2D eigenvalue weighted by atomic mass is 9.97. The second kappa shape index (κ2) is 9.45. The van der Waals surface area contributed by atoms with Crippen LogP contribution in [0.2, 0.25) is 0 Å². The molecule has 0 fully saturated rings. The third kappa shape index (κ3) is 5.95. The topological polar surface area (TPSA) is 0 Å². The summed E-state index contributed by atoms with van der Waals surface area (Å²) in [6.07, 6.45) is 5.26. The van der Waals surface area contributed by atoms with Crippen LogP contribution < -0.4 is 0 Å². The molecule has 1 rings (SSSR count). The monoisotopic (exact) mass is 220 g/mol. The van der Waals surface area contributed by atoms with Crippen molar-refractivity contribution >= 4 is 0 Å². The Morgan fingerprint density at radius 3 is 2.31 bits per heavy atom. The number of rotatable bonds is 5. The van der Waals surface area contributed by atoms with Gasteiger partial charge in [0.05, 0.1) is 0 Å². The maximum Gasteiger partial charge on any atom is -0.0276 e. The third-order valence-electron chi connectivity index (χ3n) is 3.10. The number of hydrogen-bond donors (Lipinski definition) is 0. The molecule has 0 radical (unpaired) electrons. The van der Waals surface area contributed by atoms with Gasteiger partial charge < -0.3 is 0 Å². The smallest absolute Gasteiger partial charge is 0.0276 e. The van der Waals surface area contributed by atoms with Gasteiger partial charge in [0, 0.05) is 0 Å². The Morgan fingerprint density at radius 1 is 1.12 bits per heavy atom. The maximum absolute atomic E-state index is 2.35. The van der Waals surface area contributed by atoms with Crippen molar-refractivity contribution in [1.29, 1.82) is 0 Å². The van der Waals surface area contributed by atoms with E-state index in [1.165, 1.54) is 36.8 Å². The molecule has 0 aliphatic heterocycles. The van der Waals surface area contributed by atoms with E-state index < -0.39 is 0 Å². The number of hydrogen-bond acceptors (Lipinski definition) is 0. The molecular formula is C16H28. The predicted octanol–water partition coefficient (Wildman–Crippen LogP) is 5.39. The fourth-order valence-corrected chi connectivity index (χ4v) is 1.74. The second-order valence-corrected chi connectivity index (χ2v) is 4.33. The molecule has 16 heavy (non-hydrogen) atoms. The summed E-state index contributed by atoms with van der Waals surface area (Å²) in [4.78, 5) is 0. The molecule has 0 N–H and O–H groups in total. The Kier molecular flexibility index (Phi) is 8.99. The molecule has 1 aromatic carbocycles. The lowest BCUT2D eigenvalue weighted by Crippen LogP contribution is -1.95. The van der Waals surface area contributed by atoms with Gasteiger partial charge in [-0.05, 0) is 36.8 Å². The van der Waals surface area contributed by atoms with Gasteiger partial charge in [-0.15, -0.1) is 0 Å². The Bertz CT molecular complexity index is 262. The van der Waals surface area contributed by atoms with Crippen LogP contribution in [0.5, 0.6) is 0 Å². The highest BCUT2D eigenvalue weighted by Gasteiger charge is 2.00. The maximum atomic E-state index is 2.35. The summed E-state index contributed by atoms with van der Waals surface area (Å²) in [5.41, 5.74) is 2.97. The van der Waals surface area contributed by atoms with Crippen molar-refractivity contribution in [2.75, 3.05) is 0 Å². The molecule has 0 amide bonds. The van der Waals surface area contributed by atoms with Crippen LogP contribution in [-0.2, 0) is 6.42 Å². The average Bonchev–Trinajstić information content (AvgIpc) is 2.34. The van der Waals surface area contributed by atoms with Crippen LogP contribution in [-0.4, -0.2) is 0 Å². The van der Waals surface area contributed by atoms with Crippen molar-refractivity contribution in [3.63, 3.8) is 0 Å². The van der Waals surface area contributed by atoms with Crippen LogP contribution in [0.4, 0.5) is 0 Å². The van der Waals surface area contributed by atoms with Crippen molar-refractivity contribution in [3.05, 3.63) is 35.4 Å². The summed E-state index contributed by atoms with van der Waals surface area (Å²) < 4.78 is 0. The molecule has 0 heteroatoms. The van der Waals surface area contributed by atoms with E-state index in [9.17, 15) is 0 Å². The van der Waals surface area contributed by atoms with Gasteiger partial charge in [0.2, 0.25) is 0 Å². The summed E-state index contributed by atoms with van der Waals surface area (Å²) in [7, 11) is 0. The van der Waals surface area contributed by atoms with Gasteiger partial charge >= 0.3 is 0 Å². The SMILES string of the molecule is CC.CCC(C)CCCc1ccccc1C. The Hall–Kier alpha value is -0.780. The highest BCUT2D eigenvalue weighted by Crippen LogP contribution is 2.15. The lowest BCUT2D eigenvalue weighted by Gasteiger charge is -2.09. The Balaban J connectivity index is 0.00000106. The second-order valence-electron chi connectivity index (χ2n) is 4.33. The van der Waals surface area contributed by atoms with Gasteiger partial charge in [-0.1, -0.05) is 64.8 Å². The quantitative estimate of drug-likeness (QED) is 0.624. The zero-order chi connectivity index (χ0) is 12.4. The molecule has 0 saturated heterocycles. The van der Waals surface area contributed by atoms with Gasteiger partial charge in [0.15, 0.2) is 0 Å². The highest BCUT2D eigenvalue weighted by molar-refractivity contribution is 5.25. The first-order valence-electron chi connectivity index (χ1n) is 6.78. The molecule has 1 aromatic rings. The molecule has 0 heterocycles. The van der Waals surface area contributed by atoms with E-state index in [4.69, 9.17) is 0 Å². The molecule has 0 spiro atoms. The third-order valence-corrected chi connectivity index (χ3v) is 3.10. The largest absolute Gasteiger partial charge is 0.0683 e. The normalized spacial score (nSPS) is 11.6. The van der Waals surface area contributed by atoms with Crippen molar-refractivity contribution in [2.24, 2.45) is 5.92 Å². The van der Waals surface area contributed by atoms with Gasteiger partial charge in [-0.25, -0.2) is 0 Å². The van der Waals surface area contributed by atoms with Gasteiger partial charge in [-0.3, -0.25) is 0 Å². The zero-order valence-electron chi connectivity index (χ0n) is 11.7. The van der Waals surface area contributed by atoms with Crippen molar-refractivity contribution < 1.29 is 0 Å². The molecule has 1 unspecified atom stereocenters. The van der Waals surface area contributed by atoms with Crippen LogP contribution >= 0.6 is 0 Å². The van der Waals surface area contributed by atoms with Gasteiger partial charge in [-0.2, -0.15) is 0 Å². The highest BCUT2D eigenvalue weighted by atomic mass is 14.1. The standard InChI is InChI=1S/C14H22.C2H6/c1-4-12(2)8-7-11-14-10-6-5-9-13(14)3;1-2/h5-6,9-10,12H,4,7-8,11H2,1-3H3;1-2H3. The first-order valence-corrected chi connectivity index (χ1v) is 6.78. The summed E-state index contributed by atoms with van der Waals surface area (Å²) >= 11 is 0. The van der Waals surface area contributed by atoms with E-state index in [1.54, 1.807) is 0 Å². The van der Waals surface area contributed by atoms with E-state index in [0.717, 1.165) is 5.92 Å². The summed E-state index contributed by atoms with van der Waals surface area (Å²) in [6.45, 7) is 10.8. The van der Waals surface area contributed by atoms with Gasteiger partial charge in [0.1, 0.15) is 0 Å². The predicted molar refractivity (Wildman–Crippen MR) is 74.9 cm³/mol. The molecule has 0 aliphatic carbocycles. The van der Waals surface area contributed by atoms with Crippen LogP contribution in [0, 0.1) is 12.8 Å². The molecule has 0 saturated carbocycles. The van der Waals surface area contributed by atoms with E-state index >= 15 is 0 Å². The van der Waals surface area contributed by atoms with E-state index in [-0.39, 0.29) is 0 Å². The first kappa shape index (κ1) is 15.2. The van der Waals surface area contributed by atoms with Crippen molar-refractivity contribution in [2.45, 2.75) is 60.3 Å². The molecule has 0 aliphatic rings. The first-order chi connectivity index (χ1) is 7.74. The molecule has 92 valence electrons. The summed E-state index contributed by atoms with van der Waals surface area (Å²) in [5.74, 6) is 0.888. The van der Waals surface area contributed by atoms with E-state index in [2.05, 4.69) is 45.0 Å². The summed E-state index contributed by atoms with van der Waals surface area (Å²) in [5, 5.41) is 0. The van der Waals surface area contributed by atoms with Crippen molar-refractivity contribution in [1.82, 2.24) is 0 Å². The van der Waals surface area contributed by atoms with Crippen LogP contribution in [0.15, 0.2) is 24.3 Å². The average molecular weight is 220 g/mol. The molecule has 0 bridgehead atoms. The molecule has 1 atom stereocenters. The van der Waals surface area contributed by atoms with Crippen LogP contribution in [0.1, 0.15) is 58.1 Å². The van der Waals surface area contributed by atoms with Crippen LogP contribution in [0.3, 0.4) is 0 Å². The molecule has 0 aromatic heterocycles. The Labute approximate surface area is 102 Å². The Morgan fingerprint density at radius 2 is 1.75 bits per heavy atom. The fraction of sp³-hybridized carbons (Fsp3) is 0.625. The van der Waals surface area contributed by atoms with Gasteiger partial charge in [0.25, 0.3) is 0 Å². The minimum absolute atomic E-state index is 0.888.